The molecular weight excluding hydrogens is 333 g/mol. The summed E-state index contributed by atoms with van der Waals surface area (Å²) in [7, 11) is 0. The first kappa shape index (κ1) is 14.1. The van der Waals surface area contributed by atoms with Gasteiger partial charge in [-0.15, -0.1) is 0 Å². The Morgan fingerprint density at radius 3 is 2.65 bits per heavy atom. The van der Waals surface area contributed by atoms with Gasteiger partial charge in [-0.1, -0.05) is 13.8 Å². The van der Waals surface area contributed by atoms with Crippen molar-refractivity contribution in [2.24, 2.45) is 5.92 Å². The van der Waals surface area contributed by atoms with Crippen molar-refractivity contribution in [1.29, 1.82) is 0 Å². The van der Waals surface area contributed by atoms with Crippen LogP contribution in [0.4, 0.5) is 5.69 Å². The Morgan fingerprint density at radius 2 is 2.12 bits per heavy atom. The molecule has 0 heterocycles. The topological polar surface area (TPSA) is 60.2 Å². The number of nitrogens with zero attached hydrogens (tertiary/aromatic N) is 1. The Kier molecular flexibility index (Phi) is 5.04. The summed E-state index contributed by atoms with van der Waals surface area (Å²) >= 11 is 1.89. The lowest BCUT2D eigenvalue weighted by Crippen LogP contribution is -2.03. The smallest absolute Gasteiger partial charge is 0.283 e. The highest BCUT2D eigenvalue weighted by molar-refractivity contribution is 14.1. The number of rotatable bonds is 5. The van der Waals surface area contributed by atoms with E-state index in [9.17, 15) is 14.9 Å². The number of benzene rings is 1. The maximum absolute atomic E-state index is 11.8. The first-order chi connectivity index (χ1) is 7.91. The van der Waals surface area contributed by atoms with Crippen LogP contribution in [0.25, 0.3) is 0 Å². The van der Waals surface area contributed by atoms with Gasteiger partial charge in [0.2, 0.25) is 0 Å². The molecule has 0 bridgehead atoms. The van der Waals surface area contributed by atoms with Crippen LogP contribution < -0.4 is 0 Å². The third-order valence-corrected chi connectivity index (χ3v) is 3.33. The summed E-state index contributed by atoms with van der Waals surface area (Å²) in [6, 6.07) is 4.63. The molecule has 0 saturated carbocycles. The molecule has 0 amide bonds. The summed E-state index contributed by atoms with van der Waals surface area (Å²) in [5.74, 6) is 0.427. The lowest BCUT2D eigenvalue weighted by Gasteiger charge is -2.04. The lowest BCUT2D eigenvalue weighted by molar-refractivity contribution is -0.385. The van der Waals surface area contributed by atoms with E-state index in [-0.39, 0.29) is 11.5 Å². The van der Waals surface area contributed by atoms with Gasteiger partial charge in [0.25, 0.3) is 5.69 Å². The molecule has 0 spiro atoms. The van der Waals surface area contributed by atoms with Gasteiger partial charge in [-0.25, -0.2) is 0 Å². The van der Waals surface area contributed by atoms with Gasteiger partial charge in [0, 0.05) is 18.1 Å². The van der Waals surface area contributed by atoms with Gasteiger partial charge in [0.15, 0.2) is 5.78 Å². The van der Waals surface area contributed by atoms with Crippen LogP contribution in [0.2, 0.25) is 0 Å². The average molecular weight is 347 g/mol. The van der Waals surface area contributed by atoms with Gasteiger partial charge in [0.05, 0.1) is 8.49 Å². The van der Waals surface area contributed by atoms with Gasteiger partial charge in [-0.05, 0) is 47.1 Å². The molecule has 1 aromatic carbocycles. The summed E-state index contributed by atoms with van der Waals surface area (Å²) in [5, 5.41) is 10.8. The first-order valence-corrected chi connectivity index (χ1v) is 6.47. The monoisotopic (exact) mass is 347 g/mol. The number of nitro groups is 1. The fourth-order valence-electron chi connectivity index (χ4n) is 1.39. The first-order valence-electron chi connectivity index (χ1n) is 5.39. The number of halogens is 1. The molecule has 1 aromatic rings. The molecule has 0 radical (unpaired) electrons. The number of hydrogen-bond acceptors (Lipinski definition) is 3. The number of carbonyl (C=O) groups excluding carboxylic acids is 1. The van der Waals surface area contributed by atoms with Gasteiger partial charge < -0.3 is 0 Å². The van der Waals surface area contributed by atoms with Crippen molar-refractivity contribution in [3.8, 4) is 0 Å². The van der Waals surface area contributed by atoms with Gasteiger partial charge in [-0.3, -0.25) is 14.9 Å². The van der Waals surface area contributed by atoms with E-state index in [0.29, 0.717) is 21.5 Å². The largest absolute Gasteiger partial charge is 0.294 e. The summed E-state index contributed by atoms with van der Waals surface area (Å²) in [6.45, 7) is 4.09. The highest BCUT2D eigenvalue weighted by Gasteiger charge is 2.15. The molecule has 17 heavy (non-hydrogen) atoms. The predicted molar refractivity (Wildman–Crippen MR) is 74.2 cm³/mol. The predicted octanol–water partition coefficient (Wildman–Crippen LogP) is 3.82. The van der Waals surface area contributed by atoms with E-state index in [1.54, 1.807) is 12.1 Å². The van der Waals surface area contributed by atoms with E-state index in [2.05, 4.69) is 0 Å². The molecule has 0 aliphatic rings. The number of carbonyl (C=O) groups is 1. The van der Waals surface area contributed by atoms with Crippen molar-refractivity contribution in [1.82, 2.24) is 0 Å². The molecule has 0 aliphatic carbocycles. The van der Waals surface area contributed by atoms with E-state index in [0.717, 1.165) is 6.42 Å². The quantitative estimate of drug-likeness (QED) is 0.352. The van der Waals surface area contributed by atoms with Crippen LogP contribution in [0.5, 0.6) is 0 Å². The van der Waals surface area contributed by atoms with Crippen LogP contribution in [0.3, 0.4) is 0 Å². The van der Waals surface area contributed by atoms with Crippen molar-refractivity contribution in [3.63, 3.8) is 0 Å². The molecule has 92 valence electrons. The maximum Gasteiger partial charge on any atom is 0.283 e. The van der Waals surface area contributed by atoms with Crippen LogP contribution in [-0.2, 0) is 0 Å². The Hall–Kier alpha value is -0.980. The Labute approximate surface area is 114 Å². The number of nitro benzene ring substituents is 1. The number of ketones is 1. The Bertz CT molecular complexity index is 443. The fraction of sp³-hybridized carbons (Fsp3) is 0.417. The molecule has 0 unspecified atom stereocenters. The van der Waals surface area contributed by atoms with Crippen LogP contribution >= 0.6 is 22.6 Å². The summed E-state index contributed by atoms with van der Waals surface area (Å²) < 4.78 is 0.549. The molecule has 0 aliphatic heterocycles. The second kappa shape index (κ2) is 6.09. The highest BCUT2D eigenvalue weighted by Crippen LogP contribution is 2.23. The summed E-state index contributed by atoms with van der Waals surface area (Å²) in [6.07, 6.45) is 1.24. The van der Waals surface area contributed by atoms with E-state index >= 15 is 0 Å². The van der Waals surface area contributed by atoms with Crippen molar-refractivity contribution >= 4 is 34.1 Å². The molecule has 0 N–H and O–H groups in total. The van der Waals surface area contributed by atoms with Crippen molar-refractivity contribution < 1.29 is 9.72 Å². The second-order valence-electron chi connectivity index (χ2n) is 4.28. The normalized spacial score (nSPS) is 10.6. The lowest BCUT2D eigenvalue weighted by atomic mass is 10.0. The maximum atomic E-state index is 11.8. The van der Waals surface area contributed by atoms with Gasteiger partial charge in [-0.2, -0.15) is 0 Å². The second-order valence-corrected chi connectivity index (χ2v) is 5.44. The minimum atomic E-state index is -0.457. The molecule has 0 saturated heterocycles. The minimum absolute atomic E-state index is 0.000923. The van der Waals surface area contributed by atoms with E-state index in [1.165, 1.54) is 6.07 Å². The number of hydrogen-bond donors (Lipinski definition) is 0. The molecule has 0 atom stereocenters. The van der Waals surface area contributed by atoms with Crippen LogP contribution in [0, 0.1) is 19.6 Å². The fourth-order valence-corrected chi connectivity index (χ4v) is 1.92. The van der Waals surface area contributed by atoms with E-state index in [4.69, 9.17) is 0 Å². The SMILES string of the molecule is CC(C)CCC(=O)c1ccc(I)c([N+](=O)[O-])c1. The summed E-state index contributed by atoms with van der Waals surface area (Å²) in [5.41, 5.74) is 0.429. The molecule has 0 aromatic heterocycles. The molecule has 4 nitrogen and oxygen atoms in total. The molecule has 5 heteroatoms. The van der Waals surface area contributed by atoms with Crippen LogP contribution in [0.1, 0.15) is 37.0 Å². The Morgan fingerprint density at radius 1 is 1.47 bits per heavy atom. The van der Waals surface area contributed by atoms with E-state index in [1.807, 2.05) is 36.4 Å². The third kappa shape index (κ3) is 4.07. The zero-order valence-corrected chi connectivity index (χ0v) is 11.9. The van der Waals surface area contributed by atoms with Crippen molar-refractivity contribution in [2.75, 3.05) is 0 Å². The number of Topliss-reactive ketones (excluding diaryl/α,β-unsaturated/α-hetero) is 1. The summed E-state index contributed by atoms with van der Waals surface area (Å²) in [4.78, 5) is 22.1. The van der Waals surface area contributed by atoms with Crippen LogP contribution in [0.15, 0.2) is 18.2 Å². The minimum Gasteiger partial charge on any atom is -0.294 e. The van der Waals surface area contributed by atoms with Gasteiger partial charge in [0.1, 0.15) is 0 Å². The highest BCUT2D eigenvalue weighted by atomic mass is 127. The molecule has 0 fully saturated rings. The third-order valence-electron chi connectivity index (χ3n) is 2.41. The van der Waals surface area contributed by atoms with Crippen molar-refractivity contribution in [2.45, 2.75) is 26.7 Å². The molecule has 1 rings (SSSR count). The average Bonchev–Trinajstić information content (AvgIpc) is 2.26. The van der Waals surface area contributed by atoms with Crippen LogP contribution in [-0.4, -0.2) is 10.7 Å². The van der Waals surface area contributed by atoms with Crippen molar-refractivity contribution in [3.05, 3.63) is 37.4 Å². The Balaban J connectivity index is 2.88. The van der Waals surface area contributed by atoms with E-state index < -0.39 is 4.92 Å². The zero-order valence-electron chi connectivity index (χ0n) is 9.77. The van der Waals surface area contributed by atoms with Gasteiger partial charge >= 0.3 is 0 Å². The molecular formula is C12H14INO3. The standard InChI is InChI=1S/C12H14INO3/c1-8(2)3-6-12(15)9-4-5-10(13)11(7-9)14(16)17/h4-5,7-8H,3,6H2,1-2H3. The zero-order chi connectivity index (χ0) is 13.0.